The van der Waals surface area contributed by atoms with Gasteiger partial charge in [0.15, 0.2) is 0 Å². The fourth-order valence-electron chi connectivity index (χ4n) is 2.32. The number of rotatable bonds is 15. The normalized spacial score (nSPS) is 11.1. The van der Waals surface area contributed by atoms with Crippen molar-refractivity contribution in [1.29, 1.82) is 0 Å². The SMILES string of the molecule is CNCCCC/C=C\CCCCCCCCCC(=O)OC. The molecule has 0 radical (unpaired) electrons. The molecule has 0 saturated heterocycles. The first-order valence-electron chi connectivity index (χ1n) is 8.67. The van der Waals surface area contributed by atoms with Crippen LogP contribution in [0.2, 0.25) is 0 Å². The molecule has 0 fully saturated rings. The van der Waals surface area contributed by atoms with Gasteiger partial charge in [-0.2, -0.15) is 0 Å². The molecule has 0 aromatic carbocycles. The van der Waals surface area contributed by atoms with Crippen molar-refractivity contribution in [3.8, 4) is 0 Å². The lowest BCUT2D eigenvalue weighted by Crippen LogP contribution is -2.06. The number of unbranched alkanes of at least 4 members (excludes halogenated alkanes) is 9. The van der Waals surface area contributed by atoms with E-state index in [1.807, 2.05) is 7.05 Å². The zero-order valence-corrected chi connectivity index (χ0v) is 14.2. The molecule has 0 aromatic rings. The Morgan fingerprint density at radius 2 is 1.38 bits per heavy atom. The number of hydrogen-bond acceptors (Lipinski definition) is 3. The Morgan fingerprint density at radius 1 is 0.857 bits per heavy atom. The van der Waals surface area contributed by atoms with Crippen molar-refractivity contribution in [2.75, 3.05) is 20.7 Å². The molecule has 3 heteroatoms. The fourth-order valence-corrected chi connectivity index (χ4v) is 2.32. The van der Waals surface area contributed by atoms with Gasteiger partial charge in [-0.25, -0.2) is 0 Å². The van der Waals surface area contributed by atoms with Crippen LogP contribution in [0.4, 0.5) is 0 Å². The minimum Gasteiger partial charge on any atom is -0.469 e. The van der Waals surface area contributed by atoms with Crippen molar-refractivity contribution in [2.24, 2.45) is 0 Å². The summed E-state index contributed by atoms with van der Waals surface area (Å²) in [7, 11) is 3.47. The van der Waals surface area contributed by atoms with Crippen LogP contribution in [0.25, 0.3) is 0 Å². The first-order chi connectivity index (χ1) is 10.3. The molecule has 0 spiro atoms. The Kier molecular flexibility index (Phi) is 16.5. The highest BCUT2D eigenvalue weighted by atomic mass is 16.5. The standard InChI is InChI=1S/C18H35NO2/c1-19-17-15-13-11-9-7-5-3-4-6-8-10-12-14-16-18(20)21-2/h7,9,19H,3-6,8,10-17H2,1-2H3/b9-7-. The van der Waals surface area contributed by atoms with Gasteiger partial charge in [-0.3, -0.25) is 4.79 Å². The average Bonchev–Trinajstić information content (AvgIpc) is 2.50. The fraction of sp³-hybridized carbons (Fsp3) is 0.833. The Bertz CT molecular complexity index is 252. The molecule has 0 aliphatic carbocycles. The van der Waals surface area contributed by atoms with E-state index >= 15 is 0 Å². The molecule has 3 nitrogen and oxygen atoms in total. The van der Waals surface area contributed by atoms with Crippen LogP contribution in [0.15, 0.2) is 12.2 Å². The minimum atomic E-state index is -0.0762. The predicted octanol–water partition coefficient (Wildman–Crippen LogP) is 4.62. The van der Waals surface area contributed by atoms with E-state index in [9.17, 15) is 4.79 Å². The summed E-state index contributed by atoms with van der Waals surface area (Å²) in [6.45, 7) is 1.13. The van der Waals surface area contributed by atoms with E-state index in [0.29, 0.717) is 6.42 Å². The number of hydrogen-bond donors (Lipinski definition) is 1. The molecule has 0 rings (SSSR count). The van der Waals surface area contributed by atoms with Gasteiger partial charge in [-0.05, 0) is 52.1 Å². The monoisotopic (exact) mass is 297 g/mol. The van der Waals surface area contributed by atoms with Crippen molar-refractivity contribution in [1.82, 2.24) is 5.32 Å². The number of carbonyl (C=O) groups is 1. The lowest BCUT2D eigenvalue weighted by atomic mass is 10.1. The topological polar surface area (TPSA) is 38.3 Å². The first kappa shape index (κ1) is 20.2. The van der Waals surface area contributed by atoms with Crippen LogP contribution >= 0.6 is 0 Å². The Hall–Kier alpha value is -0.830. The molecule has 0 bridgehead atoms. The molecular weight excluding hydrogens is 262 g/mol. The molecule has 0 aliphatic heterocycles. The summed E-state index contributed by atoms with van der Waals surface area (Å²) in [5, 5.41) is 3.17. The van der Waals surface area contributed by atoms with Gasteiger partial charge in [0.1, 0.15) is 0 Å². The predicted molar refractivity (Wildman–Crippen MR) is 90.5 cm³/mol. The molecule has 0 saturated carbocycles. The van der Waals surface area contributed by atoms with E-state index in [0.717, 1.165) is 19.4 Å². The summed E-state index contributed by atoms with van der Waals surface area (Å²) in [6, 6.07) is 0. The van der Waals surface area contributed by atoms with Gasteiger partial charge in [-0.1, -0.05) is 44.3 Å². The maximum Gasteiger partial charge on any atom is 0.305 e. The molecule has 0 atom stereocenters. The molecule has 21 heavy (non-hydrogen) atoms. The van der Waals surface area contributed by atoms with Crippen LogP contribution in [0.3, 0.4) is 0 Å². The number of allylic oxidation sites excluding steroid dienone is 2. The van der Waals surface area contributed by atoms with Crippen LogP contribution in [0, 0.1) is 0 Å². The van der Waals surface area contributed by atoms with Crippen molar-refractivity contribution in [3.63, 3.8) is 0 Å². The molecule has 0 aromatic heterocycles. The molecule has 124 valence electrons. The number of ether oxygens (including phenoxy) is 1. The van der Waals surface area contributed by atoms with Crippen LogP contribution < -0.4 is 5.32 Å². The van der Waals surface area contributed by atoms with Crippen LogP contribution in [-0.2, 0) is 9.53 Å². The second-order valence-corrected chi connectivity index (χ2v) is 5.66. The summed E-state index contributed by atoms with van der Waals surface area (Å²) in [5.74, 6) is -0.0762. The third kappa shape index (κ3) is 17.1. The van der Waals surface area contributed by atoms with E-state index in [-0.39, 0.29) is 5.97 Å². The second kappa shape index (κ2) is 17.2. The summed E-state index contributed by atoms with van der Waals surface area (Å²) in [6.07, 6.45) is 18.9. The maximum absolute atomic E-state index is 10.9. The summed E-state index contributed by atoms with van der Waals surface area (Å²) >= 11 is 0. The lowest BCUT2D eigenvalue weighted by molar-refractivity contribution is -0.140. The van der Waals surface area contributed by atoms with Gasteiger partial charge in [0.25, 0.3) is 0 Å². The van der Waals surface area contributed by atoms with E-state index in [2.05, 4.69) is 22.2 Å². The third-order valence-electron chi connectivity index (χ3n) is 3.69. The molecule has 0 unspecified atom stereocenters. The van der Waals surface area contributed by atoms with Crippen LogP contribution in [0.5, 0.6) is 0 Å². The lowest BCUT2D eigenvalue weighted by Gasteiger charge is -2.01. The Morgan fingerprint density at radius 3 is 1.95 bits per heavy atom. The average molecular weight is 297 g/mol. The van der Waals surface area contributed by atoms with Crippen LogP contribution in [-0.4, -0.2) is 26.7 Å². The molecule has 0 aliphatic rings. The van der Waals surface area contributed by atoms with Crippen molar-refractivity contribution >= 4 is 5.97 Å². The number of methoxy groups -OCH3 is 1. The smallest absolute Gasteiger partial charge is 0.305 e. The van der Waals surface area contributed by atoms with Crippen molar-refractivity contribution in [3.05, 3.63) is 12.2 Å². The molecule has 0 heterocycles. The highest BCUT2D eigenvalue weighted by molar-refractivity contribution is 5.68. The summed E-state index contributed by atoms with van der Waals surface area (Å²) in [4.78, 5) is 10.9. The largest absolute Gasteiger partial charge is 0.469 e. The second-order valence-electron chi connectivity index (χ2n) is 5.66. The summed E-state index contributed by atoms with van der Waals surface area (Å²) < 4.78 is 4.62. The van der Waals surface area contributed by atoms with Gasteiger partial charge in [0.05, 0.1) is 7.11 Å². The highest BCUT2D eigenvalue weighted by Crippen LogP contribution is 2.10. The van der Waals surface area contributed by atoms with Crippen molar-refractivity contribution < 1.29 is 9.53 Å². The first-order valence-corrected chi connectivity index (χ1v) is 8.67. The van der Waals surface area contributed by atoms with Gasteiger partial charge in [0, 0.05) is 6.42 Å². The van der Waals surface area contributed by atoms with E-state index < -0.39 is 0 Å². The quantitative estimate of drug-likeness (QED) is 0.272. The van der Waals surface area contributed by atoms with Gasteiger partial charge in [0.2, 0.25) is 0 Å². The van der Waals surface area contributed by atoms with E-state index in [4.69, 9.17) is 0 Å². The molecular formula is C18H35NO2. The third-order valence-corrected chi connectivity index (χ3v) is 3.69. The van der Waals surface area contributed by atoms with E-state index in [1.165, 1.54) is 64.9 Å². The maximum atomic E-state index is 10.9. The number of carbonyl (C=O) groups excluding carboxylic acids is 1. The van der Waals surface area contributed by atoms with Gasteiger partial charge in [-0.15, -0.1) is 0 Å². The van der Waals surface area contributed by atoms with Gasteiger partial charge < -0.3 is 10.1 Å². The number of esters is 1. The minimum absolute atomic E-state index is 0.0762. The highest BCUT2D eigenvalue weighted by Gasteiger charge is 1.98. The Balaban J connectivity index is 3.08. The zero-order valence-electron chi connectivity index (χ0n) is 14.2. The zero-order chi connectivity index (χ0) is 15.6. The van der Waals surface area contributed by atoms with E-state index in [1.54, 1.807) is 0 Å². The Labute approximate surface area is 131 Å². The molecule has 0 amide bonds. The number of nitrogens with one attached hydrogen (secondary N) is 1. The van der Waals surface area contributed by atoms with Crippen LogP contribution in [0.1, 0.15) is 77.0 Å². The van der Waals surface area contributed by atoms with Gasteiger partial charge >= 0.3 is 5.97 Å². The molecule has 1 N–H and O–H groups in total. The summed E-state index contributed by atoms with van der Waals surface area (Å²) in [5.41, 5.74) is 0. The van der Waals surface area contributed by atoms with Crippen molar-refractivity contribution in [2.45, 2.75) is 77.0 Å².